The molecule has 2 heterocycles. The lowest BCUT2D eigenvalue weighted by Crippen LogP contribution is -2.58. The molecule has 0 radical (unpaired) electrons. The number of nitrogens with zero attached hydrogens (tertiary/aromatic N) is 5. The fourth-order valence-corrected chi connectivity index (χ4v) is 4.38. The summed E-state index contributed by atoms with van der Waals surface area (Å²) in [5.41, 5.74) is 5.64. The van der Waals surface area contributed by atoms with Crippen molar-refractivity contribution in [3.8, 4) is 0 Å². The highest BCUT2D eigenvalue weighted by Crippen LogP contribution is 2.17. The first-order valence-electron chi connectivity index (χ1n) is 10.2. The molecule has 152 valence electrons. The van der Waals surface area contributed by atoms with Gasteiger partial charge in [-0.05, 0) is 26.7 Å². The summed E-state index contributed by atoms with van der Waals surface area (Å²) in [7, 11) is 0.862. The van der Waals surface area contributed by atoms with Crippen molar-refractivity contribution in [3.05, 3.63) is 0 Å². The SMILES string of the molecule is CC(C)CN1CCN(C(=NC(C)(C)C)N2CCN(CPCN)CC2)CC1. The Kier molecular flexibility index (Phi) is 8.59. The Morgan fingerprint density at radius 1 is 0.923 bits per heavy atom. The van der Waals surface area contributed by atoms with Gasteiger partial charge in [0.1, 0.15) is 0 Å². The van der Waals surface area contributed by atoms with E-state index in [9.17, 15) is 0 Å². The second-order valence-corrected chi connectivity index (χ2v) is 10.2. The van der Waals surface area contributed by atoms with Gasteiger partial charge in [0.05, 0.1) is 5.54 Å². The average molecular weight is 385 g/mol. The fourth-order valence-electron chi connectivity index (χ4n) is 3.62. The lowest BCUT2D eigenvalue weighted by molar-refractivity contribution is 0.140. The van der Waals surface area contributed by atoms with E-state index in [4.69, 9.17) is 10.7 Å². The second-order valence-electron chi connectivity index (χ2n) is 8.98. The first kappa shape index (κ1) is 21.9. The fraction of sp³-hybridized carbons (Fsp3) is 0.947. The van der Waals surface area contributed by atoms with Crippen molar-refractivity contribution in [2.24, 2.45) is 16.6 Å². The summed E-state index contributed by atoms with van der Waals surface area (Å²) in [6.07, 6.45) is 1.97. The van der Waals surface area contributed by atoms with Gasteiger partial charge in [0.15, 0.2) is 5.96 Å². The Morgan fingerprint density at radius 3 is 1.85 bits per heavy atom. The molecule has 0 amide bonds. The maximum absolute atomic E-state index is 5.67. The van der Waals surface area contributed by atoms with Gasteiger partial charge in [-0.15, -0.1) is 0 Å². The van der Waals surface area contributed by atoms with Crippen LogP contribution >= 0.6 is 8.58 Å². The van der Waals surface area contributed by atoms with Crippen LogP contribution in [0.5, 0.6) is 0 Å². The number of hydrogen-bond donors (Lipinski definition) is 1. The topological polar surface area (TPSA) is 51.3 Å². The maximum atomic E-state index is 5.67. The molecule has 0 aliphatic carbocycles. The lowest BCUT2D eigenvalue weighted by Gasteiger charge is -2.44. The average Bonchev–Trinajstić information content (AvgIpc) is 2.58. The minimum atomic E-state index is -0.0392. The van der Waals surface area contributed by atoms with E-state index in [1.165, 1.54) is 12.5 Å². The van der Waals surface area contributed by atoms with Crippen LogP contribution in [0.25, 0.3) is 0 Å². The highest BCUT2D eigenvalue weighted by atomic mass is 31.1. The Bertz CT molecular complexity index is 432. The Hall–Kier alpha value is -0.420. The van der Waals surface area contributed by atoms with Crippen LogP contribution in [0.3, 0.4) is 0 Å². The zero-order valence-corrected chi connectivity index (χ0v) is 18.7. The Morgan fingerprint density at radius 2 is 1.42 bits per heavy atom. The second kappa shape index (κ2) is 10.2. The minimum Gasteiger partial charge on any atom is -0.340 e. The molecule has 1 atom stereocenters. The molecular formula is C19H41N6P. The molecule has 0 aromatic rings. The van der Waals surface area contributed by atoms with Gasteiger partial charge in [-0.2, -0.15) is 0 Å². The summed E-state index contributed by atoms with van der Waals surface area (Å²) in [6, 6.07) is 0. The number of aliphatic imine (C=N–C) groups is 1. The van der Waals surface area contributed by atoms with Crippen LogP contribution in [0.1, 0.15) is 34.6 Å². The smallest absolute Gasteiger partial charge is 0.197 e. The molecule has 0 aromatic heterocycles. The normalized spacial score (nSPS) is 22.2. The van der Waals surface area contributed by atoms with Gasteiger partial charge >= 0.3 is 0 Å². The third-order valence-corrected chi connectivity index (χ3v) is 5.81. The molecule has 0 saturated carbocycles. The lowest BCUT2D eigenvalue weighted by atomic mass is 10.1. The van der Waals surface area contributed by atoms with Gasteiger partial charge in [-0.3, -0.25) is 9.80 Å². The molecule has 2 N–H and O–H groups in total. The van der Waals surface area contributed by atoms with Crippen LogP contribution in [0.4, 0.5) is 0 Å². The zero-order chi connectivity index (χ0) is 19.2. The summed E-state index contributed by atoms with van der Waals surface area (Å²) in [5, 5.41) is 0. The van der Waals surface area contributed by atoms with Crippen molar-refractivity contribution in [1.82, 2.24) is 19.6 Å². The summed E-state index contributed by atoms with van der Waals surface area (Å²) in [4.78, 5) is 15.3. The predicted octanol–water partition coefficient (Wildman–Crippen LogP) is 1.58. The standard InChI is InChI=1S/C19H41N6P/c1-17(2)14-22-6-10-24(11-7-22)18(21-19(3,4)5)25-12-8-23(9-13-25)16-26-15-20/h17,26H,6-16,20H2,1-5H3. The van der Waals surface area contributed by atoms with Crippen LogP contribution in [-0.2, 0) is 0 Å². The van der Waals surface area contributed by atoms with Gasteiger partial charge in [-0.1, -0.05) is 22.4 Å². The van der Waals surface area contributed by atoms with Crippen molar-refractivity contribution >= 4 is 14.5 Å². The highest BCUT2D eigenvalue weighted by Gasteiger charge is 2.28. The number of nitrogens with two attached hydrogens (primary N) is 1. The van der Waals surface area contributed by atoms with E-state index in [2.05, 4.69) is 54.2 Å². The summed E-state index contributed by atoms with van der Waals surface area (Å²) >= 11 is 0. The van der Waals surface area contributed by atoms with Crippen LogP contribution in [0, 0.1) is 5.92 Å². The Balaban J connectivity index is 1.97. The van der Waals surface area contributed by atoms with E-state index in [-0.39, 0.29) is 5.54 Å². The van der Waals surface area contributed by atoms with Crippen LogP contribution in [0.15, 0.2) is 4.99 Å². The molecule has 2 aliphatic heterocycles. The van der Waals surface area contributed by atoms with E-state index in [1.807, 2.05) is 0 Å². The molecule has 1 unspecified atom stereocenters. The molecule has 6 nitrogen and oxygen atoms in total. The van der Waals surface area contributed by atoms with Crippen LogP contribution in [-0.4, -0.2) is 103 Å². The third-order valence-electron chi connectivity index (χ3n) is 4.85. The van der Waals surface area contributed by atoms with E-state index in [1.54, 1.807) is 0 Å². The monoisotopic (exact) mass is 384 g/mol. The van der Waals surface area contributed by atoms with E-state index >= 15 is 0 Å². The first-order valence-corrected chi connectivity index (χ1v) is 11.6. The minimum absolute atomic E-state index is 0.0392. The molecule has 2 rings (SSSR count). The van der Waals surface area contributed by atoms with Crippen molar-refractivity contribution in [2.75, 3.05) is 71.5 Å². The number of guanidine groups is 1. The molecular weight excluding hydrogens is 343 g/mol. The molecule has 26 heavy (non-hydrogen) atoms. The van der Waals surface area contributed by atoms with Gasteiger partial charge < -0.3 is 15.5 Å². The van der Waals surface area contributed by atoms with Crippen molar-refractivity contribution in [3.63, 3.8) is 0 Å². The number of hydrogen-bond acceptors (Lipinski definition) is 4. The Labute approximate surface area is 162 Å². The zero-order valence-electron chi connectivity index (χ0n) is 17.7. The van der Waals surface area contributed by atoms with E-state index in [0.29, 0.717) is 0 Å². The van der Waals surface area contributed by atoms with Crippen LogP contribution < -0.4 is 5.73 Å². The first-order chi connectivity index (χ1) is 12.3. The summed E-state index contributed by atoms with van der Waals surface area (Å²) in [5.74, 6) is 1.97. The molecule has 7 heteroatoms. The third kappa shape index (κ3) is 7.30. The number of rotatable bonds is 5. The van der Waals surface area contributed by atoms with Gasteiger partial charge in [0.25, 0.3) is 0 Å². The van der Waals surface area contributed by atoms with Crippen molar-refractivity contribution in [2.45, 2.75) is 40.2 Å². The molecule has 2 fully saturated rings. The molecule has 0 aromatic carbocycles. The number of piperazine rings is 2. The summed E-state index contributed by atoms with van der Waals surface area (Å²) in [6.45, 7) is 21.4. The van der Waals surface area contributed by atoms with Gasteiger partial charge in [0.2, 0.25) is 0 Å². The quantitative estimate of drug-likeness (QED) is 0.443. The van der Waals surface area contributed by atoms with Gasteiger partial charge in [0, 0.05) is 71.5 Å². The van der Waals surface area contributed by atoms with E-state index < -0.39 is 0 Å². The molecule has 2 aliphatic rings. The van der Waals surface area contributed by atoms with Crippen molar-refractivity contribution in [1.29, 1.82) is 0 Å². The van der Waals surface area contributed by atoms with E-state index in [0.717, 1.165) is 79.4 Å². The predicted molar refractivity (Wildman–Crippen MR) is 115 cm³/mol. The highest BCUT2D eigenvalue weighted by molar-refractivity contribution is 7.37. The maximum Gasteiger partial charge on any atom is 0.197 e. The largest absolute Gasteiger partial charge is 0.340 e. The van der Waals surface area contributed by atoms with Gasteiger partial charge in [-0.25, -0.2) is 4.99 Å². The van der Waals surface area contributed by atoms with Crippen molar-refractivity contribution < 1.29 is 0 Å². The van der Waals surface area contributed by atoms with Crippen LogP contribution in [0.2, 0.25) is 0 Å². The molecule has 2 saturated heterocycles. The molecule has 0 spiro atoms. The summed E-state index contributed by atoms with van der Waals surface area (Å²) < 4.78 is 0. The molecule has 0 bridgehead atoms.